The number of benzene rings is 2. The molecule has 1 fully saturated rings. The minimum absolute atomic E-state index is 0.0351. The molecule has 0 spiro atoms. The number of hydrogen-bond acceptors (Lipinski definition) is 8. The summed E-state index contributed by atoms with van der Waals surface area (Å²) in [5.74, 6) is -2.28. The highest BCUT2D eigenvalue weighted by Crippen LogP contribution is 2.36. The summed E-state index contributed by atoms with van der Waals surface area (Å²) in [6, 6.07) is 9.36. The van der Waals surface area contributed by atoms with Gasteiger partial charge in [-0.25, -0.2) is 9.59 Å². The van der Waals surface area contributed by atoms with Gasteiger partial charge in [0.1, 0.15) is 11.6 Å². The average molecular weight is 428 g/mol. The van der Waals surface area contributed by atoms with Crippen LogP contribution in [0.5, 0.6) is 11.5 Å². The number of carbonyl (C=O) groups excluding carboxylic acids is 3. The summed E-state index contributed by atoms with van der Waals surface area (Å²) in [5.41, 5.74) is -0.611. The van der Waals surface area contributed by atoms with Gasteiger partial charge in [-0.1, -0.05) is 18.2 Å². The van der Waals surface area contributed by atoms with Crippen molar-refractivity contribution in [2.75, 3.05) is 20.8 Å². The summed E-state index contributed by atoms with van der Waals surface area (Å²) in [5, 5.41) is 11.7. The van der Waals surface area contributed by atoms with E-state index >= 15 is 0 Å². The molecule has 1 aliphatic heterocycles. The molecule has 1 aliphatic rings. The Balaban J connectivity index is 1.98. The van der Waals surface area contributed by atoms with Crippen LogP contribution in [0.2, 0.25) is 0 Å². The average Bonchev–Trinajstić information content (AvgIpc) is 3.28. The van der Waals surface area contributed by atoms with Crippen molar-refractivity contribution < 1.29 is 33.5 Å². The second kappa shape index (κ2) is 9.24. The van der Waals surface area contributed by atoms with Crippen molar-refractivity contribution in [2.24, 2.45) is 0 Å². The van der Waals surface area contributed by atoms with E-state index in [1.54, 1.807) is 18.2 Å². The fourth-order valence-electron chi connectivity index (χ4n) is 3.39. The Hall–Kier alpha value is -3.95. The van der Waals surface area contributed by atoms with Gasteiger partial charge in [0, 0.05) is 12.6 Å². The molecule has 0 aliphatic carbocycles. The van der Waals surface area contributed by atoms with Crippen LogP contribution in [0.1, 0.15) is 33.6 Å². The van der Waals surface area contributed by atoms with Crippen molar-refractivity contribution in [3.05, 3.63) is 63.7 Å². The van der Waals surface area contributed by atoms with Gasteiger partial charge in [0.25, 0.3) is 11.6 Å². The molecule has 0 aromatic heterocycles. The number of ether oxygens (including phenoxy) is 3. The summed E-state index contributed by atoms with van der Waals surface area (Å²) < 4.78 is 15.2. The summed E-state index contributed by atoms with van der Waals surface area (Å²) in [6.07, 6.45) is 0.958. The second-order valence-electron chi connectivity index (χ2n) is 6.71. The third kappa shape index (κ3) is 4.47. The minimum atomic E-state index is -0.821. The standard InChI is InChI=1S/C21H20N2O8/c1-29-17-11-14(19(24)22-10-6-9-15(22)21(26)30-2)16(23(27)28)12-18(17)31-20(25)13-7-4-3-5-8-13/h3-5,7-8,11-12,15H,6,9-10H2,1-2H3/t15-/m0/s1. The van der Waals surface area contributed by atoms with E-state index in [4.69, 9.17) is 14.2 Å². The molecule has 2 aromatic rings. The van der Waals surface area contributed by atoms with Crippen LogP contribution in [0.25, 0.3) is 0 Å². The van der Waals surface area contributed by atoms with Gasteiger partial charge in [-0.05, 0) is 25.0 Å². The predicted octanol–water partition coefficient (Wildman–Crippen LogP) is 2.60. The number of rotatable bonds is 6. The first-order valence-corrected chi connectivity index (χ1v) is 9.39. The van der Waals surface area contributed by atoms with Crippen molar-refractivity contribution in [3.63, 3.8) is 0 Å². The summed E-state index contributed by atoms with van der Waals surface area (Å²) in [6.45, 7) is 0.253. The number of nitrogens with zero attached hydrogens (tertiary/aromatic N) is 2. The molecule has 1 saturated heterocycles. The maximum absolute atomic E-state index is 13.1. The minimum Gasteiger partial charge on any atom is -0.493 e. The predicted molar refractivity (Wildman–Crippen MR) is 107 cm³/mol. The topological polar surface area (TPSA) is 125 Å². The molecule has 2 aromatic carbocycles. The number of carbonyl (C=O) groups is 3. The third-order valence-corrected chi connectivity index (χ3v) is 4.91. The monoisotopic (exact) mass is 428 g/mol. The van der Waals surface area contributed by atoms with Crippen LogP contribution in [0.15, 0.2) is 42.5 Å². The SMILES string of the molecule is COC(=O)[C@@H]1CCCN1C(=O)c1cc(OC)c(OC(=O)c2ccccc2)cc1[N+](=O)[O-]. The van der Waals surface area contributed by atoms with E-state index in [1.807, 2.05) is 0 Å². The molecular formula is C21H20N2O8. The highest BCUT2D eigenvalue weighted by atomic mass is 16.6. The van der Waals surface area contributed by atoms with E-state index in [-0.39, 0.29) is 29.2 Å². The van der Waals surface area contributed by atoms with Gasteiger partial charge in [-0.2, -0.15) is 0 Å². The highest BCUT2D eigenvalue weighted by molar-refractivity contribution is 6.01. The van der Waals surface area contributed by atoms with Crippen molar-refractivity contribution in [1.29, 1.82) is 0 Å². The van der Waals surface area contributed by atoms with Crippen LogP contribution in [-0.2, 0) is 9.53 Å². The number of esters is 2. The number of nitro benzene ring substituents is 1. The first-order valence-electron chi connectivity index (χ1n) is 9.39. The van der Waals surface area contributed by atoms with Crippen molar-refractivity contribution in [3.8, 4) is 11.5 Å². The zero-order valence-corrected chi connectivity index (χ0v) is 16.9. The molecule has 0 saturated carbocycles. The fourth-order valence-corrected chi connectivity index (χ4v) is 3.39. The number of hydrogen-bond donors (Lipinski definition) is 0. The molecular weight excluding hydrogens is 408 g/mol. The van der Waals surface area contributed by atoms with Gasteiger partial charge in [-0.15, -0.1) is 0 Å². The Morgan fingerprint density at radius 3 is 2.42 bits per heavy atom. The van der Waals surface area contributed by atoms with Crippen LogP contribution in [0, 0.1) is 10.1 Å². The molecule has 1 atom stereocenters. The smallest absolute Gasteiger partial charge is 0.343 e. The van der Waals surface area contributed by atoms with E-state index < -0.39 is 34.5 Å². The van der Waals surface area contributed by atoms with Crippen LogP contribution in [0.3, 0.4) is 0 Å². The van der Waals surface area contributed by atoms with Gasteiger partial charge in [0.2, 0.25) is 0 Å². The van der Waals surface area contributed by atoms with Crippen molar-refractivity contribution in [1.82, 2.24) is 4.90 Å². The van der Waals surface area contributed by atoms with Gasteiger partial charge >= 0.3 is 11.9 Å². The summed E-state index contributed by atoms with van der Waals surface area (Å²) in [4.78, 5) is 49.6. The van der Waals surface area contributed by atoms with Crippen LogP contribution in [0.4, 0.5) is 5.69 Å². The molecule has 10 nitrogen and oxygen atoms in total. The quantitative estimate of drug-likeness (QED) is 0.297. The Bertz CT molecular complexity index is 1020. The van der Waals surface area contributed by atoms with Crippen LogP contribution in [-0.4, -0.2) is 54.5 Å². The first kappa shape index (κ1) is 21.8. The van der Waals surface area contributed by atoms with Crippen molar-refractivity contribution >= 4 is 23.5 Å². The lowest BCUT2D eigenvalue weighted by Crippen LogP contribution is -2.41. The molecule has 162 valence electrons. The van der Waals surface area contributed by atoms with Gasteiger partial charge < -0.3 is 19.1 Å². The fraction of sp³-hybridized carbons (Fsp3) is 0.286. The second-order valence-corrected chi connectivity index (χ2v) is 6.71. The Morgan fingerprint density at radius 1 is 1.10 bits per heavy atom. The molecule has 0 unspecified atom stereocenters. The molecule has 0 bridgehead atoms. The third-order valence-electron chi connectivity index (χ3n) is 4.91. The summed E-state index contributed by atoms with van der Waals surface area (Å²) >= 11 is 0. The highest BCUT2D eigenvalue weighted by Gasteiger charge is 2.38. The lowest BCUT2D eigenvalue weighted by atomic mass is 10.1. The maximum Gasteiger partial charge on any atom is 0.343 e. The lowest BCUT2D eigenvalue weighted by molar-refractivity contribution is -0.385. The number of nitro groups is 1. The molecule has 1 amide bonds. The van der Waals surface area contributed by atoms with Gasteiger partial charge in [-0.3, -0.25) is 14.9 Å². The molecule has 1 heterocycles. The first-order chi connectivity index (χ1) is 14.9. The number of likely N-dealkylation sites (tertiary alicyclic amines) is 1. The largest absolute Gasteiger partial charge is 0.493 e. The molecule has 3 rings (SSSR count). The van der Waals surface area contributed by atoms with E-state index in [0.717, 1.165) is 12.1 Å². The summed E-state index contributed by atoms with van der Waals surface area (Å²) in [7, 11) is 2.49. The van der Waals surface area contributed by atoms with E-state index in [1.165, 1.54) is 31.3 Å². The molecule has 0 N–H and O–H groups in total. The molecule has 0 radical (unpaired) electrons. The van der Waals surface area contributed by atoms with Crippen molar-refractivity contribution in [2.45, 2.75) is 18.9 Å². The Morgan fingerprint density at radius 2 is 1.81 bits per heavy atom. The van der Waals surface area contributed by atoms with Gasteiger partial charge in [0.05, 0.1) is 30.8 Å². The zero-order chi connectivity index (χ0) is 22.5. The molecule has 31 heavy (non-hydrogen) atoms. The molecule has 10 heteroatoms. The maximum atomic E-state index is 13.1. The Labute approximate surface area is 177 Å². The van der Waals surface area contributed by atoms with E-state index in [9.17, 15) is 24.5 Å². The van der Waals surface area contributed by atoms with E-state index in [2.05, 4.69) is 0 Å². The van der Waals surface area contributed by atoms with Crippen LogP contribution < -0.4 is 9.47 Å². The van der Waals surface area contributed by atoms with Crippen LogP contribution >= 0.6 is 0 Å². The normalized spacial score (nSPS) is 15.3. The number of methoxy groups -OCH3 is 2. The van der Waals surface area contributed by atoms with E-state index in [0.29, 0.717) is 12.8 Å². The lowest BCUT2D eigenvalue weighted by Gasteiger charge is -2.23. The Kier molecular flexibility index (Phi) is 6.49. The van der Waals surface area contributed by atoms with Gasteiger partial charge in [0.15, 0.2) is 11.5 Å². The zero-order valence-electron chi connectivity index (χ0n) is 16.9. The number of amides is 1.